The van der Waals surface area contributed by atoms with E-state index in [2.05, 4.69) is 17.4 Å². The summed E-state index contributed by atoms with van der Waals surface area (Å²) in [5.74, 6) is 0.936. The molecule has 0 aliphatic carbocycles. The Hall–Kier alpha value is -2.49. The first kappa shape index (κ1) is 16.9. The molecule has 0 saturated heterocycles. The van der Waals surface area contributed by atoms with Gasteiger partial charge in [0, 0.05) is 6.54 Å². The molecule has 2 rings (SSSR count). The van der Waals surface area contributed by atoms with Gasteiger partial charge in [-0.3, -0.25) is 4.79 Å². The number of rotatable bonds is 7. The van der Waals surface area contributed by atoms with Crippen molar-refractivity contribution < 1.29 is 14.3 Å². The third kappa shape index (κ3) is 4.25. The number of methoxy groups -OCH3 is 2. The summed E-state index contributed by atoms with van der Waals surface area (Å²) in [5.41, 5.74) is 2.70. The zero-order chi connectivity index (χ0) is 16.7. The van der Waals surface area contributed by atoms with Crippen molar-refractivity contribution in [1.29, 1.82) is 0 Å². The lowest BCUT2D eigenvalue weighted by molar-refractivity contribution is 0.0949. The molecule has 0 heterocycles. The number of hydrogen-bond donors (Lipinski definition) is 1. The Labute approximate surface area is 137 Å². The van der Waals surface area contributed by atoms with Gasteiger partial charge in [-0.1, -0.05) is 36.4 Å². The van der Waals surface area contributed by atoms with Crippen LogP contribution < -0.4 is 14.8 Å². The Bertz CT molecular complexity index is 653. The van der Waals surface area contributed by atoms with Gasteiger partial charge >= 0.3 is 0 Å². The molecule has 4 nitrogen and oxygen atoms in total. The molecule has 23 heavy (non-hydrogen) atoms. The lowest BCUT2D eigenvalue weighted by atomic mass is 10.1. The van der Waals surface area contributed by atoms with Crippen molar-refractivity contribution in [2.75, 3.05) is 20.8 Å². The van der Waals surface area contributed by atoms with Crippen molar-refractivity contribution in [3.63, 3.8) is 0 Å². The Morgan fingerprint density at radius 3 is 2.35 bits per heavy atom. The molecular formula is C19H23NO3. The number of amides is 1. The Morgan fingerprint density at radius 2 is 1.70 bits per heavy atom. The van der Waals surface area contributed by atoms with Crippen LogP contribution in [0, 0.1) is 6.92 Å². The molecule has 0 aromatic heterocycles. The van der Waals surface area contributed by atoms with Gasteiger partial charge in [-0.2, -0.15) is 0 Å². The molecule has 2 aromatic rings. The van der Waals surface area contributed by atoms with E-state index in [1.807, 2.05) is 31.2 Å². The quantitative estimate of drug-likeness (QED) is 0.797. The molecule has 0 radical (unpaired) electrons. The van der Waals surface area contributed by atoms with Crippen LogP contribution in [0.3, 0.4) is 0 Å². The van der Waals surface area contributed by atoms with Crippen molar-refractivity contribution in [3.8, 4) is 11.5 Å². The third-order valence-corrected chi connectivity index (χ3v) is 3.73. The van der Waals surface area contributed by atoms with Gasteiger partial charge < -0.3 is 14.8 Å². The smallest absolute Gasteiger partial charge is 0.255 e. The SMILES string of the molecule is COc1c(C)ccc(C(=O)NCCCc2ccccc2)c1OC. The van der Waals surface area contributed by atoms with Crippen LogP contribution >= 0.6 is 0 Å². The lowest BCUT2D eigenvalue weighted by Gasteiger charge is -2.14. The lowest BCUT2D eigenvalue weighted by Crippen LogP contribution is -2.25. The molecule has 0 aliphatic rings. The first-order chi connectivity index (χ1) is 11.2. The highest BCUT2D eigenvalue weighted by Gasteiger charge is 2.17. The second kappa shape index (κ2) is 8.22. The third-order valence-electron chi connectivity index (χ3n) is 3.73. The van der Waals surface area contributed by atoms with E-state index in [0.29, 0.717) is 23.6 Å². The maximum atomic E-state index is 12.4. The van der Waals surface area contributed by atoms with Crippen LogP contribution in [0.5, 0.6) is 11.5 Å². The van der Waals surface area contributed by atoms with Gasteiger partial charge in [0.15, 0.2) is 11.5 Å². The van der Waals surface area contributed by atoms with Crippen LogP contribution in [0.4, 0.5) is 0 Å². The van der Waals surface area contributed by atoms with Gasteiger partial charge in [0.2, 0.25) is 0 Å². The highest BCUT2D eigenvalue weighted by Crippen LogP contribution is 2.34. The molecule has 2 aromatic carbocycles. The number of benzene rings is 2. The molecule has 0 fully saturated rings. The summed E-state index contributed by atoms with van der Waals surface area (Å²) in [6, 6.07) is 13.9. The Balaban J connectivity index is 1.96. The van der Waals surface area contributed by atoms with E-state index in [-0.39, 0.29) is 5.91 Å². The van der Waals surface area contributed by atoms with E-state index < -0.39 is 0 Å². The van der Waals surface area contributed by atoms with Crippen LogP contribution in [0.1, 0.15) is 27.9 Å². The number of aryl methyl sites for hydroxylation is 2. The van der Waals surface area contributed by atoms with E-state index >= 15 is 0 Å². The van der Waals surface area contributed by atoms with Crippen LogP contribution in [0.15, 0.2) is 42.5 Å². The topological polar surface area (TPSA) is 47.6 Å². The van der Waals surface area contributed by atoms with Gasteiger partial charge in [0.05, 0.1) is 19.8 Å². The van der Waals surface area contributed by atoms with E-state index in [0.717, 1.165) is 18.4 Å². The molecule has 1 amide bonds. The molecule has 1 N–H and O–H groups in total. The normalized spacial score (nSPS) is 10.2. The van der Waals surface area contributed by atoms with Gasteiger partial charge in [0.25, 0.3) is 5.91 Å². The first-order valence-electron chi connectivity index (χ1n) is 7.71. The maximum Gasteiger partial charge on any atom is 0.255 e. The van der Waals surface area contributed by atoms with Gasteiger partial charge in [-0.25, -0.2) is 0 Å². The zero-order valence-electron chi connectivity index (χ0n) is 13.9. The van der Waals surface area contributed by atoms with Crippen molar-refractivity contribution in [2.24, 2.45) is 0 Å². The van der Waals surface area contributed by atoms with Crippen molar-refractivity contribution in [3.05, 3.63) is 59.2 Å². The molecule has 122 valence electrons. The Morgan fingerprint density at radius 1 is 1.00 bits per heavy atom. The largest absolute Gasteiger partial charge is 0.493 e. The molecule has 0 bridgehead atoms. The van der Waals surface area contributed by atoms with Crippen LogP contribution in [-0.2, 0) is 6.42 Å². The van der Waals surface area contributed by atoms with Crippen molar-refractivity contribution in [2.45, 2.75) is 19.8 Å². The molecule has 4 heteroatoms. The summed E-state index contributed by atoms with van der Waals surface area (Å²) in [6.45, 7) is 2.54. The average molecular weight is 313 g/mol. The minimum absolute atomic E-state index is 0.145. The van der Waals surface area contributed by atoms with Crippen LogP contribution in [-0.4, -0.2) is 26.7 Å². The fourth-order valence-electron chi connectivity index (χ4n) is 2.53. The summed E-state index contributed by atoms with van der Waals surface area (Å²) in [6.07, 6.45) is 1.83. The second-order valence-corrected chi connectivity index (χ2v) is 5.34. The minimum atomic E-state index is -0.145. The summed E-state index contributed by atoms with van der Waals surface area (Å²) in [5, 5.41) is 2.94. The standard InChI is InChI=1S/C19H23NO3/c1-14-11-12-16(18(23-3)17(14)22-2)19(21)20-13-7-10-15-8-5-4-6-9-15/h4-6,8-9,11-12H,7,10,13H2,1-3H3,(H,20,21). The maximum absolute atomic E-state index is 12.4. The number of carbonyl (C=O) groups excluding carboxylic acids is 1. The zero-order valence-corrected chi connectivity index (χ0v) is 13.9. The summed E-state index contributed by atoms with van der Waals surface area (Å²) < 4.78 is 10.7. The Kier molecular flexibility index (Phi) is 6.03. The monoisotopic (exact) mass is 313 g/mol. The van der Waals surface area contributed by atoms with Crippen molar-refractivity contribution >= 4 is 5.91 Å². The summed E-state index contributed by atoms with van der Waals surface area (Å²) in [7, 11) is 3.12. The summed E-state index contributed by atoms with van der Waals surface area (Å²) in [4.78, 5) is 12.4. The van der Waals surface area contributed by atoms with Gasteiger partial charge in [-0.05, 0) is 37.0 Å². The molecule has 0 atom stereocenters. The molecule has 0 unspecified atom stereocenters. The summed E-state index contributed by atoms with van der Waals surface area (Å²) >= 11 is 0. The van der Waals surface area contributed by atoms with Gasteiger partial charge in [0.1, 0.15) is 0 Å². The number of nitrogens with one attached hydrogen (secondary N) is 1. The fourth-order valence-corrected chi connectivity index (χ4v) is 2.53. The highest BCUT2D eigenvalue weighted by molar-refractivity contribution is 5.98. The highest BCUT2D eigenvalue weighted by atomic mass is 16.5. The first-order valence-corrected chi connectivity index (χ1v) is 7.71. The molecule has 0 saturated carbocycles. The predicted molar refractivity (Wildman–Crippen MR) is 91.4 cm³/mol. The van der Waals surface area contributed by atoms with E-state index in [9.17, 15) is 4.79 Å². The second-order valence-electron chi connectivity index (χ2n) is 5.34. The predicted octanol–water partition coefficient (Wildman–Crippen LogP) is 3.37. The van der Waals surface area contributed by atoms with E-state index in [1.54, 1.807) is 20.3 Å². The van der Waals surface area contributed by atoms with Crippen molar-refractivity contribution in [1.82, 2.24) is 5.32 Å². The average Bonchev–Trinajstić information content (AvgIpc) is 2.59. The van der Waals surface area contributed by atoms with E-state index in [1.165, 1.54) is 5.56 Å². The molecule has 0 aliphatic heterocycles. The number of hydrogen-bond acceptors (Lipinski definition) is 3. The number of carbonyl (C=O) groups is 1. The number of ether oxygens (including phenoxy) is 2. The molecule has 0 spiro atoms. The van der Waals surface area contributed by atoms with Crippen LogP contribution in [0.25, 0.3) is 0 Å². The fraction of sp³-hybridized carbons (Fsp3) is 0.316. The van der Waals surface area contributed by atoms with Gasteiger partial charge in [-0.15, -0.1) is 0 Å². The van der Waals surface area contributed by atoms with Crippen LogP contribution in [0.2, 0.25) is 0 Å². The van der Waals surface area contributed by atoms with E-state index in [4.69, 9.17) is 9.47 Å². The minimum Gasteiger partial charge on any atom is -0.493 e. The molecular weight excluding hydrogens is 290 g/mol.